The van der Waals surface area contributed by atoms with E-state index in [0.717, 1.165) is 12.0 Å². The zero-order valence-corrected chi connectivity index (χ0v) is 9.16. The Hall–Kier alpha value is -1.66. The van der Waals surface area contributed by atoms with E-state index in [1.807, 2.05) is 19.1 Å². The Balaban J connectivity index is 2.96. The van der Waals surface area contributed by atoms with Gasteiger partial charge in [0.15, 0.2) is 0 Å². The number of isocyanates is 1. The molecule has 78 valence electrons. The van der Waals surface area contributed by atoms with E-state index in [1.165, 1.54) is 11.1 Å². The molecule has 0 bridgehead atoms. The molecule has 0 saturated carbocycles. The molecule has 2 nitrogen and oxygen atoms in total. The quantitative estimate of drug-likeness (QED) is 0.542. The molecule has 0 fully saturated rings. The van der Waals surface area contributed by atoms with Crippen molar-refractivity contribution in [3.8, 4) is 0 Å². The molecule has 15 heavy (non-hydrogen) atoms. The Labute approximate surface area is 90.4 Å². The molecule has 0 aliphatic rings. The van der Waals surface area contributed by atoms with E-state index in [9.17, 15) is 4.79 Å². The van der Waals surface area contributed by atoms with Crippen molar-refractivity contribution in [3.63, 3.8) is 0 Å². The number of benzene rings is 1. The highest BCUT2D eigenvalue weighted by Gasteiger charge is 1.99. The summed E-state index contributed by atoms with van der Waals surface area (Å²) in [7, 11) is 0. The van der Waals surface area contributed by atoms with Crippen LogP contribution in [0.2, 0.25) is 0 Å². The molecule has 2 heteroatoms. The molecule has 0 amide bonds. The van der Waals surface area contributed by atoms with E-state index >= 15 is 0 Å². The average Bonchev–Trinajstić information content (AvgIpc) is 2.29. The standard InChI is InChI=1S/C13H15NO/c1-3-12(4-2)13-7-5-6-11(8-13)9-14-10-15/h3,5-8H,4,9H2,1-2H3. The van der Waals surface area contributed by atoms with Crippen LogP contribution in [0.3, 0.4) is 0 Å². The van der Waals surface area contributed by atoms with Crippen LogP contribution >= 0.6 is 0 Å². The molecule has 0 heterocycles. The van der Waals surface area contributed by atoms with Crippen molar-refractivity contribution in [1.82, 2.24) is 0 Å². The summed E-state index contributed by atoms with van der Waals surface area (Å²) < 4.78 is 0. The number of nitrogens with zero attached hydrogens (tertiary/aromatic N) is 1. The van der Waals surface area contributed by atoms with E-state index < -0.39 is 0 Å². The summed E-state index contributed by atoms with van der Waals surface area (Å²) in [5, 5.41) is 0. The molecule has 0 aliphatic heterocycles. The van der Waals surface area contributed by atoms with Gasteiger partial charge in [-0.3, -0.25) is 0 Å². The lowest BCUT2D eigenvalue weighted by Crippen LogP contribution is -1.86. The fourth-order valence-corrected chi connectivity index (χ4v) is 1.57. The number of allylic oxidation sites excluding steroid dienone is 2. The van der Waals surface area contributed by atoms with Crippen LogP contribution in [-0.4, -0.2) is 6.08 Å². The molecule has 0 radical (unpaired) electrons. The van der Waals surface area contributed by atoms with E-state index in [0.29, 0.717) is 6.54 Å². The third-order valence-corrected chi connectivity index (χ3v) is 2.35. The Morgan fingerprint density at radius 1 is 1.53 bits per heavy atom. The largest absolute Gasteiger partial charge is 0.235 e. The maximum absolute atomic E-state index is 10.0. The summed E-state index contributed by atoms with van der Waals surface area (Å²) in [4.78, 5) is 13.6. The molecule has 0 atom stereocenters. The highest BCUT2D eigenvalue weighted by atomic mass is 16.1. The van der Waals surface area contributed by atoms with Gasteiger partial charge in [0.2, 0.25) is 6.08 Å². The van der Waals surface area contributed by atoms with Crippen LogP contribution in [0.5, 0.6) is 0 Å². The van der Waals surface area contributed by atoms with Crippen molar-refractivity contribution in [2.24, 2.45) is 4.99 Å². The van der Waals surface area contributed by atoms with Gasteiger partial charge in [-0.05, 0) is 36.1 Å². The second-order valence-electron chi connectivity index (χ2n) is 3.28. The fraction of sp³-hybridized carbons (Fsp3) is 0.308. The van der Waals surface area contributed by atoms with Crippen LogP contribution in [0.15, 0.2) is 35.3 Å². The smallest absolute Gasteiger partial charge is 0.211 e. The van der Waals surface area contributed by atoms with Gasteiger partial charge in [-0.15, -0.1) is 0 Å². The van der Waals surface area contributed by atoms with E-state index in [2.05, 4.69) is 30.1 Å². The zero-order chi connectivity index (χ0) is 11.1. The van der Waals surface area contributed by atoms with Gasteiger partial charge in [-0.1, -0.05) is 31.2 Å². The first kappa shape index (κ1) is 11.4. The molecule has 0 aromatic heterocycles. The molecule has 0 N–H and O–H groups in total. The Bertz CT molecular complexity index is 401. The highest BCUT2D eigenvalue weighted by molar-refractivity contribution is 5.65. The first-order valence-electron chi connectivity index (χ1n) is 5.10. The summed E-state index contributed by atoms with van der Waals surface area (Å²) in [5.74, 6) is 0. The van der Waals surface area contributed by atoms with Crippen molar-refractivity contribution in [2.75, 3.05) is 0 Å². The van der Waals surface area contributed by atoms with Crippen LogP contribution in [0.25, 0.3) is 5.57 Å². The van der Waals surface area contributed by atoms with Crippen molar-refractivity contribution >= 4 is 11.7 Å². The lowest BCUT2D eigenvalue weighted by atomic mass is 10.0. The molecule has 0 aliphatic carbocycles. The van der Waals surface area contributed by atoms with Crippen LogP contribution in [0, 0.1) is 0 Å². The number of carbonyl (C=O) groups excluding carboxylic acids is 1. The van der Waals surface area contributed by atoms with Gasteiger partial charge in [0.1, 0.15) is 0 Å². The number of rotatable bonds is 4. The molecule has 0 saturated heterocycles. The number of hydrogen-bond donors (Lipinski definition) is 0. The summed E-state index contributed by atoms with van der Waals surface area (Å²) in [6.07, 6.45) is 4.68. The molecular formula is C13H15NO. The van der Waals surface area contributed by atoms with Crippen molar-refractivity contribution in [3.05, 3.63) is 41.5 Å². The van der Waals surface area contributed by atoms with E-state index in [1.54, 1.807) is 6.08 Å². The summed E-state index contributed by atoms with van der Waals surface area (Å²) >= 11 is 0. The predicted octanol–water partition coefficient (Wildman–Crippen LogP) is 3.34. The Morgan fingerprint density at radius 2 is 2.33 bits per heavy atom. The van der Waals surface area contributed by atoms with Gasteiger partial charge in [0, 0.05) is 0 Å². The molecular weight excluding hydrogens is 186 g/mol. The highest BCUT2D eigenvalue weighted by Crippen LogP contribution is 2.19. The Kier molecular flexibility index (Phi) is 4.52. The van der Waals surface area contributed by atoms with Crippen molar-refractivity contribution in [2.45, 2.75) is 26.8 Å². The van der Waals surface area contributed by atoms with E-state index in [4.69, 9.17) is 0 Å². The lowest BCUT2D eigenvalue weighted by Gasteiger charge is -2.05. The molecule has 1 aromatic carbocycles. The third-order valence-electron chi connectivity index (χ3n) is 2.35. The molecule has 0 unspecified atom stereocenters. The van der Waals surface area contributed by atoms with Gasteiger partial charge in [-0.25, -0.2) is 9.79 Å². The summed E-state index contributed by atoms with van der Waals surface area (Å²) in [5.41, 5.74) is 3.56. The second kappa shape index (κ2) is 5.94. The third kappa shape index (κ3) is 3.19. The maximum Gasteiger partial charge on any atom is 0.235 e. The van der Waals surface area contributed by atoms with Crippen LogP contribution in [0.4, 0.5) is 0 Å². The average molecular weight is 201 g/mol. The first-order chi connectivity index (χ1) is 7.31. The second-order valence-corrected chi connectivity index (χ2v) is 3.28. The van der Waals surface area contributed by atoms with Crippen molar-refractivity contribution in [1.29, 1.82) is 0 Å². The van der Waals surface area contributed by atoms with Crippen molar-refractivity contribution < 1.29 is 4.79 Å². The predicted molar refractivity (Wildman–Crippen MR) is 62.2 cm³/mol. The van der Waals surface area contributed by atoms with Gasteiger partial charge in [0.05, 0.1) is 6.54 Å². The van der Waals surface area contributed by atoms with Gasteiger partial charge < -0.3 is 0 Å². The number of hydrogen-bond acceptors (Lipinski definition) is 2. The molecule has 1 rings (SSSR count). The minimum absolute atomic E-state index is 0.415. The number of aliphatic imine (C=N–C) groups is 1. The van der Waals surface area contributed by atoms with Gasteiger partial charge in [0.25, 0.3) is 0 Å². The first-order valence-corrected chi connectivity index (χ1v) is 5.10. The zero-order valence-electron chi connectivity index (χ0n) is 9.16. The molecule has 1 aromatic rings. The van der Waals surface area contributed by atoms with Crippen LogP contribution < -0.4 is 0 Å². The monoisotopic (exact) mass is 201 g/mol. The minimum atomic E-state index is 0.415. The van der Waals surface area contributed by atoms with Crippen LogP contribution in [-0.2, 0) is 11.3 Å². The topological polar surface area (TPSA) is 29.4 Å². The summed E-state index contributed by atoms with van der Waals surface area (Å²) in [6.45, 7) is 4.58. The minimum Gasteiger partial charge on any atom is -0.211 e. The molecule has 0 spiro atoms. The maximum atomic E-state index is 10.0. The SMILES string of the molecule is CC=C(CC)c1cccc(CN=C=O)c1. The Morgan fingerprint density at radius 3 is 2.93 bits per heavy atom. The summed E-state index contributed by atoms with van der Waals surface area (Å²) in [6, 6.07) is 8.10. The van der Waals surface area contributed by atoms with Gasteiger partial charge >= 0.3 is 0 Å². The fourth-order valence-electron chi connectivity index (χ4n) is 1.57. The lowest BCUT2D eigenvalue weighted by molar-refractivity contribution is 0.563. The van der Waals surface area contributed by atoms with Crippen LogP contribution in [0.1, 0.15) is 31.4 Å². The van der Waals surface area contributed by atoms with Gasteiger partial charge in [-0.2, -0.15) is 0 Å². The normalized spacial score (nSPS) is 10.9. The van der Waals surface area contributed by atoms with E-state index in [-0.39, 0.29) is 0 Å².